The number of hydrogen-bond acceptors (Lipinski definition) is 4. The van der Waals surface area contributed by atoms with Crippen LogP contribution in [-0.2, 0) is 11.3 Å². The minimum absolute atomic E-state index is 0.0921. The molecule has 1 fully saturated rings. The number of aliphatic hydroxyl groups is 1. The van der Waals surface area contributed by atoms with Gasteiger partial charge in [0.15, 0.2) is 0 Å². The van der Waals surface area contributed by atoms with E-state index in [1.807, 2.05) is 79.4 Å². The fourth-order valence-corrected chi connectivity index (χ4v) is 5.11. The van der Waals surface area contributed by atoms with E-state index in [2.05, 4.69) is 11.9 Å². The van der Waals surface area contributed by atoms with Crippen LogP contribution in [0.1, 0.15) is 51.5 Å². The molecule has 0 radical (unpaired) electrons. The van der Waals surface area contributed by atoms with Gasteiger partial charge in [-0.3, -0.25) is 14.2 Å². The molecule has 2 unspecified atom stereocenters. The maximum absolute atomic E-state index is 13.2. The smallest absolute Gasteiger partial charge is 0.253 e. The molecular formula is C28H33N3O3. The van der Waals surface area contributed by atoms with E-state index in [9.17, 15) is 14.7 Å². The molecule has 1 amide bonds. The molecule has 2 atom stereocenters. The summed E-state index contributed by atoms with van der Waals surface area (Å²) in [6.45, 7) is 6.65. The number of likely N-dealkylation sites (tertiary alicyclic amines) is 1. The SMILES string of the molecule is CC(CC(=O)N1CCC(O)(Cn2cnc(-c3ccccc3)cc2=O)CC1(C)C)c1ccccc1. The number of carbonyl (C=O) groups is 1. The van der Waals surface area contributed by atoms with Crippen molar-refractivity contribution in [2.75, 3.05) is 6.54 Å². The monoisotopic (exact) mass is 459 g/mol. The minimum atomic E-state index is -1.09. The van der Waals surface area contributed by atoms with Gasteiger partial charge in [-0.15, -0.1) is 0 Å². The van der Waals surface area contributed by atoms with E-state index >= 15 is 0 Å². The summed E-state index contributed by atoms with van der Waals surface area (Å²) in [6, 6.07) is 21.1. The van der Waals surface area contributed by atoms with Crippen LogP contribution in [0.3, 0.4) is 0 Å². The van der Waals surface area contributed by atoms with Crippen molar-refractivity contribution in [3.05, 3.63) is 89.0 Å². The molecule has 0 spiro atoms. The van der Waals surface area contributed by atoms with Gasteiger partial charge in [0, 0.05) is 36.6 Å². The van der Waals surface area contributed by atoms with E-state index in [4.69, 9.17) is 0 Å². The van der Waals surface area contributed by atoms with Gasteiger partial charge in [0.1, 0.15) is 0 Å². The van der Waals surface area contributed by atoms with Gasteiger partial charge in [0.05, 0.1) is 24.2 Å². The maximum Gasteiger partial charge on any atom is 0.253 e. The Labute approximate surface area is 200 Å². The van der Waals surface area contributed by atoms with Crippen LogP contribution >= 0.6 is 0 Å². The molecule has 1 aromatic heterocycles. The van der Waals surface area contributed by atoms with Gasteiger partial charge in [-0.25, -0.2) is 4.98 Å². The normalized spacial score (nSPS) is 20.6. The molecule has 2 aromatic carbocycles. The Balaban J connectivity index is 1.44. The fraction of sp³-hybridized carbons (Fsp3) is 0.393. The van der Waals surface area contributed by atoms with E-state index in [-0.39, 0.29) is 23.9 Å². The standard InChI is InChI=1S/C28H33N3O3/c1-21(22-10-6-4-7-11-22)16-26(33)31-15-14-28(34,18-27(31,2)3)19-30-20-29-24(17-25(30)32)23-12-8-5-9-13-23/h4-13,17,20-21,34H,14-16,18-19H2,1-3H3. The highest BCUT2D eigenvalue weighted by atomic mass is 16.3. The molecule has 1 aliphatic heterocycles. The van der Waals surface area contributed by atoms with Crippen molar-refractivity contribution in [3.63, 3.8) is 0 Å². The summed E-state index contributed by atoms with van der Waals surface area (Å²) in [6.07, 6.45) is 2.73. The number of hydrogen-bond donors (Lipinski definition) is 1. The molecule has 1 N–H and O–H groups in total. The van der Waals surface area contributed by atoms with Crippen molar-refractivity contribution in [1.29, 1.82) is 0 Å². The average Bonchev–Trinajstić information content (AvgIpc) is 2.80. The summed E-state index contributed by atoms with van der Waals surface area (Å²) in [5.74, 6) is 0.215. The molecule has 0 aliphatic carbocycles. The van der Waals surface area contributed by atoms with E-state index in [0.29, 0.717) is 31.5 Å². The first-order valence-electron chi connectivity index (χ1n) is 11.9. The quantitative estimate of drug-likeness (QED) is 0.598. The van der Waals surface area contributed by atoms with Crippen LogP contribution in [0.2, 0.25) is 0 Å². The lowest BCUT2D eigenvalue weighted by Crippen LogP contribution is -2.59. The van der Waals surface area contributed by atoms with Gasteiger partial charge >= 0.3 is 0 Å². The van der Waals surface area contributed by atoms with Crippen LogP contribution in [-0.4, -0.2) is 43.1 Å². The van der Waals surface area contributed by atoms with Crippen LogP contribution in [0.4, 0.5) is 0 Å². The number of benzene rings is 2. The van der Waals surface area contributed by atoms with Crippen molar-refractivity contribution >= 4 is 5.91 Å². The molecular weight excluding hydrogens is 426 g/mol. The number of amides is 1. The Hall–Kier alpha value is -3.25. The van der Waals surface area contributed by atoms with Crippen molar-refractivity contribution < 1.29 is 9.90 Å². The lowest BCUT2D eigenvalue weighted by atomic mass is 9.78. The van der Waals surface area contributed by atoms with E-state index in [1.165, 1.54) is 17.0 Å². The van der Waals surface area contributed by atoms with E-state index in [0.717, 1.165) is 11.1 Å². The first kappa shape index (κ1) is 23.9. The minimum Gasteiger partial charge on any atom is -0.388 e. The Kier molecular flexibility index (Phi) is 6.71. The predicted molar refractivity (Wildman–Crippen MR) is 133 cm³/mol. The zero-order chi connectivity index (χ0) is 24.3. The van der Waals surface area contributed by atoms with Crippen LogP contribution in [0.15, 0.2) is 77.9 Å². The molecule has 178 valence electrons. The first-order valence-corrected chi connectivity index (χ1v) is 11.9. The lowest BCUT2D eigenvalue weighted by Gasteiger charge is -2.49. The van der Waals surface area contributed by atoms with Gasteiger partial charge in [-0.1, -0.05) is 67.6 Å². The number of carbonyl (C=O) groups excluding carboxylic acids is 1. The molecule has 1 saturated heterocycles. The molecule has 4 rings (SSSR count). The van der Waals surface area contributed by atoms with Crippen LogP contribution in [0.25, 0.3) is 11.3 Å². The second-order valence-electron chi connectivity index (χ2n) is 10.1. The fourth-order valence-electron chi connectivity index (χ4n) is 5.11. The van der Waals surface area contributed by atoms with Crippen LogP contribution in [0.5, 0.6) is 0 Å². The average molecular weight is 460 g/mol. The topological polar surface area (TPSA) is 75.4 Å². The largest absolute Gasteiger partial charge is 0.388 e. The predicted octanol–water partition coefficient (Wildman–Crippen LogP) is 4.24. The number of piperidine rings is 1. The lowest BCUT2D eigenvalue weighted by molar-refractivity contribution is -0.148. The second-order valence-corrected chi connectivity index (χ2v) is 10.1. The molecule has 0 bridgehead atoms. The molecule has 0 saturated carbocycles. The molecule has 3 aromatic rings. The molecule has 6 heteroatoms. The molecule has 34 heavy (non-hydrogen) atoms. The van der Waals surface area contributed by atoms with Gasteiger partial charge in [-0.05, 0) is 31.7 Å². The zero-order valence-corrected chi connectivity index (χ0v) is 20.1. The third kappa shape index (κ3) is 5.28. The number of nitrogens with zero attached hydrogens (tertiary/aromatic N) is 3. The number of rotatable bonds is 6. The second kappa shape index (κ2) is 9.55. The highest BCUT2D eigenvalue weighted by Gasteiger charge is 2.45. The van der Waals surface area contributed by atoms with Crippen LogP contribution in [0, 0.1) is 0 Å². The Morgan fingerprint density at radius 3 is 2.35 bits per heavy atom. The third-order valence-corrected chi connectivity index (χ3v) is 6.86. The maximum atomic E-state index is 13.2. The summed E-state index contributed by atoms with van der Waals surface area (Å²) in [4.78, 5) is 32.3. The summed E-state index contributed by atoms with van der Waals surface area (Å²) >= 11 is 0. The van der Waals surface area contributed by atoms with Gasteiger partial charge in [0.25, 0.3) is 5.56 Å². The molecule has 2 heterocycles. The van der Waals surface area contributed by atoms with Crippen molar-refractivity contribution in [3.8, 4) is 11.3 Å². The molecule has 1 aliphatic rings. The van der Waals surface area contributed by atoms with Gasteiger partial charge < -0.3 is 10.0 Å². The summed E-state index contributed by atoms with van der Waals surface area (Å²) in [7, 11) is 0. The Morgan fingerprint density at radius 2 is 1.74 bits per heavy atom. The highest BCUT2D eigenvalue weighted by Crippen LogP contribution is 2.36. The van der Waals surface area contributed by atoms with Crippen molar-refractivity contribution in [1.82, 2.24) is 14.5 Å². The van der Waals surface area contributed by atoms with E-state index in [1.54, 1.807) is 0 Å². The zero-order valence-electron chi connectivity index (χ0n) is 20.1. The summed E-state index contributed by atoms with van der Waals surface area (Å²) in [5, 5.41) is 11.4. The van der Waals surface area contributed by atoms with Gasteiger partial charge in [0.2, 0.25) is 5.91 Å². The van der Waals surface area contributed by atoms with E-state index < -0.39 is 11.1 Å². The van der Waals surface area contributed by atoms with Crippen molar-refractivity contribution in [2.45, 2.75) is 63.6 Å². The summed E-state index contributed by atoms with van der Waals surface area (Å²) < 4.78 is 1.47. The first-order chi connectivity index (χ1) is 16.2. The van der Waals surface area contributed by atoms with Gasteiger partial charge in [-0.2, -0.15) is 0 Å². The summed E-state index contributed by atoms with van der Waals surface area (Å²) in [5.41, 5.74) is 0.820. The Bertz CT molecular complexity index is 1190. The Morgan fingerprint density at radius 1 is 1.09 bits per heavy atom. The van der Waals surface area contributed by atoms with Crippen molar-refractivity contribution in [2.24, 2.45) is 0 Å². The highest BCUT2D eigenvalue weighted by molar-refractivity contribution is 5.78. The molecule has 6 nitrogen and oxygen atoms in total. The number of aromatic nitrogens is 2. The van der Waals surface area contributed by atoms with Crippen LogP contribution < -0.4 is 5.56 Å². The third-order valence-electron chi connectivity index (χ3n) is 6.86.